The Kier molecular flexibility index (Phi) is 4.45. The van der Waals surface area contributed by atoms with Crippen molar-refractivity contribution < 1.29 is 5.11 Å². The summed E-state index contributed by atoms with van der Waals surface area (Å²) in [4.78, 5) is 2.53. The van der Waals surface area contributed by atoms with Crippen LogP contribution in [0.2, 0.25) is 0 Å². The van der Waals surface area contributed by atoms with Gasteiger partial charge in [0.2, 0.25) is 0 Å². The van der Waals surface area contributed by atoms with Crippen molar-refractivity contribution in [2.75, 3.05) is 7.05 Å². The number of aliphatic hydroxyl groups excluding tert-OH is 1. The topological polar surface area (TPSA) is 35.5 Å². The van der Waals surface area contributed by atoms with Gasteiger partial charge in [0, 0.05) is 24.2 Å². The molecule has 2 N–H and O–H groups in total. The Morgan fingerprint density at radius 3 is 2.41 bits per heavy atom. The second kappa shape index (κ2) is 5.68. The van der Waals surface area contributed by atoms with E-state index in [4.69, 9.17) is 0 Å². The van der Waals surface area contributed by atoms with Crippen LogP contribution in [0, 0.1) is 0 Å². The van der Waals surface area contributed by atoms with Crippen molar-refractivity contribution in [3.63, 3.8) is 0 Å². The average Bonchev–Trinajstić information content (AvgIpc) is 2.24. The molecule has 3 nitrogen and oxygen atoms in total. The minimum absolute atomic E-state index is 0.0393. The summed E-state index contributed by atoms with van der Waals surface area (Å²) in [5.74, 6) is 0. The summed E-state index contributed by atoms with van der Waals surface area (Å²) in [6.45, 7) is 4.47. The Morgan fingerprint density at radius 2 is 1.82 bits per heavy atom. The average molecular weight is 240 g/mol. The van der Waals surface area contributed by atoms with E-state index in [1.165, 1.54) is 25.7 Å². The van der Waals surface area contributed by atoms with E-state index >= 15 is 0 Å². The Hall–Kier alpha value is -0.120. The van der Waals surface area contributed by atoms with Crippen LogP contribution in [0.5, 0.6) is 0 Å². The van der Waals surface area contributed by atoms with Crippen molar-refractivity contribution in [2.45, 2.75) is 82.6 Å². The number of nitrogens with zero attached hydrogens (tertiary/aromatic N) is 1. The number of hydrogen-bond acceptors (Lipinski definition) is 3. The van der Waals surface area contributed by atoms with Gasteiger partial charge < -0.3 is 10.4 Å². The SMILES string of the molecule is CC(C)N[C@H]1CCCC[C@@H]1N(C)[C@H]1C[C@H](O)C1. The van der Waals surface area contributed by atoms with Gasteiger partial charge in [0.1, 0.15) is 0 Å². The molecule has 0 aromatic carbocycles. The van der Waals surface area contributed by atoms with Crippen LogP contribution in [0.3, 0.4) is 0 Å². The monoisotopic (exact) mass is 240 g/mol. The fraction of sp³-hybridized carbons (Fsp3) is 1.00. The van der Waals surface area contributed by atoms with Gasteiger partial charge in [0.15, 0.2) is 0 Å². The summed E-state index contributed by atoms with van der Waals surface area (Å²) in [5.41, 5.74) is 0. The van der Waals surface area contributed by atoms with Crippen molar-refractivity contribution >= 4 is 0 Å². The van der Waals surface area contributed by atoms with Crippen LogP contribution in [-0.2, 0) is 0 Å². The van der Waals surface area contributed by atoms with Crippen LogP contribution in [0.4, 0.5) is 0 Å². The molecule has 0 radical (unpaired) electrons. The van der Waals surface area contributed by atoms with Crippen LogP contribution < -0.4 is 5.32 Å². The lowest BCUT2D eigenvalue weighted by Gasteiger charge is -2.47. The summed E-state index contributed by atoms with van der Waals surface area (Å²) in [6, 6.07) is 2.50. The number of nitrogens with one attached hydrogen (secondary N) is 1. The molecule has 0 bridgehead atoms. The Bertz CT molecular complexity index is 238. The number of hydrogen-bond donors (Lipinski definition) is 2. The summed E-state index contributed by atoms with van der Waals surface area (Å²) < 4.78 is 0. The first-order chi connectivity index (χ1) is 8.08. The quantitative estimate of drug-likeness (QED) is 0.786. The van der Waals surface area contributed by atoms with Gasteiger partial charge in [-0.3, -0.25) is 4.90 Å². The highest BCUT2D eigenvalue weighted by Crippen LogP contribution is 2.31. The first-order valence-corrected chi connectivity index (χ1v) is 7.24. The van der Waals surface area contributed by atoms with Gasteiger partial charge in [-0.1, -0.05) is 26.7 Å². The van der Waals surface area contributed by atoms with Crippen molar-refractivity contribution in [1.82, 2.24) is 10.2 Å². The molecule has 0 aliphatic heterocycles. The third kappa shape index (κ3) is 3.21. The summed E-state index contributed by atoms with van der Waals surface area (Å²) in [6.07, 6.45) is 7.25. The molecule has 0 unspecified atom stereocenters. The van der Waals surface area contributed by atoms with E-state index in [2.05, 4.69) is 31.1 Å². The molecule has 0 amide bonds. The lowest BCUT2D eigenvalue weighted by molar-refractivity contribution is -0.0183. The number of rotatable bonds is 4. The molecule has 0 heterocycles. The van der Waals surface area contributed by atoms with Crippen molar-refractivity contribution in [2.24, 2.45) is 0 Å². The van der Waals surface area contributed by atoms with Gasteiger partial charge in [-0.05, 0) is 32.7 Å². The predicted molar refractivity (Wildman–Crippen MR) is 71.1 cm³/mol. The van der Waals surface area contributed by atoms with Gasteiger partial charge in [0.05, 0.1) is 6.10 Å². The highest BCUT2D eigenvalue weighted by atomic mass is 16.3. The smallest absolute Gasteiger partial charge is 0.0570 e. The molecule has 0 spiro atoms. The van der Waals surface area contributed by atoms with Crippen molar-refractivity contribution in [1.29, 1.82) is 0 Å². The Balaban J connectivity index is 1.90. The van der Waals surface area contributed by atoms with Gasteiger partial charge in [-0.2, -0.15) is 0 Å². The molecule has 100 valence electrons. The van der Waals surface area contributed by atoms with Gasteiger partial charge in [-0.25, -0.2) is 0 Å². The second-order valence-electron chi connectivity index (χ2n) is 6.22. The van der Waals surface area contributed by atoms with E-state index in [-0.39, 0.29) is 6.10 Å². The maximum absolute atomic E-state index is 9.43. The first-order valence-electron chi connectivity index (χ1n) is 7.24. The first kappa shape index (κ1) is 13.3. The third-order valence-corrected chi connectivity index (χ3v) is 4.46. The molecule has 2 rings (SSSR count). The van der Waals surface area contributed by atoms with E-state index in [0.29, 0.717) is 24.2 Å². The van der Waals surface area contributed by atoms with Crippen LogP contribution in [-0.4, -0.2) is 47.3 Å². The predicted octanol–water partition coefficient (Wildman–Crippen LogP) is 1.75. The molecule has 0 saturated heterocycles. The molecule has 2 fully saturated rings. The van der Waals surface area contributed by atoms with E-state index in [1.807, 2.05) is 0 Å². The molecule has 0 aromatic heterocycles. The largest absolute Gasteiger partial charge is 0.393 e. The van der Waals surface area contributed by atoms with Gasteiger partial charge in [0.25, 0.3) is 0 Å². The number of aliphatic hydroxyl groups is 1. The van der Waals surface area contributed by atoms with E-state index in [1.54, 1.807) is 0 Å². The van der Waals surface area contributed by atoms with Gasteiger partial charge >= 0.3 is 0 Å². The molecule has 2 saturated carbocycles. The fourth-order valence-corrected chi connectivity index (χ4v) is 3.38. The third-order valence-electron chi connectivity index (χ3n) is 4.46. The maximum atomic E-state index is 9.43. The molecule has 2 aliphatic carbocycles. The lowest BCUT2D eigenvalue weighted by atomic mass is 9.83. The van der Waals surface area contributed by atoms with Crippen LogP contribution in [0.15, 0.2) is 0 Å². The lowest BCUT2D eigenvalue weighted by Crippen LogP contribution is -2.58. The summed E-state index contributed by atoms with van der Waals surface area (Å²) >= 11 is 0. The van der Waals surface area contributed by atoms with E-state index < -0.39 is 0 Å². The molecular formula is C14H28N2O. The number of likely N-dealkylation sites (N-methyl/N-ethyl adjacent to an activating group) is 1. The van der Waals surface area contributed by atoms with Crippen molar-refractivity contribution in [3.8, 4) is 0 Å². The minimum atomic E-state index is -0.0393. The zero-order chi connectivity index (χ0) is 12.4. The van der Waals surface area contributed by atoms with Crippen LogP contribution >= 0.6 is 0 Å². The van der Waals surface area contributed by atoms with Gasteiger partial charge in [-0.15, -0.1) is 0 Å². The van der Waals surface area contributed by atoms with E-state index in [0.717, 1.165) is 12.8 Å². The zero-order valence-corrected chi connectivity index (χ0v) is 11.5. The Morgan fingerprint density at radius 1 is 1.18 bits per heavy atom. The maximum Gasteiger partial charge on any atom is 0.0570 e. The van der Waals surface area contributed by atoms with Crippen molar-refractivity contribution in [3.05, 3.63) is 0 Å². The standard InChI is InChI=1S/C14H28N2O/c1-10(2)15-13-6-4-5-7-14(13)16(3)11-8-12(17)9-11/h10-15,17H,4-9H2,1-3H3/t11-,12-,13-,14-/m0/s1. The fourth-order valence-electron chi connectivity index (χ4n) is 3.38. The zero-order valence-electron chi connectivity index (χ0n) is 11.5. The molecule has 0 aromatic rings. The normalized spacial score (nSPS) is 38.5. The van der Waals surface area contributed by atoms with E-state index in [9.17, 15) is 5.11 Å². The molecule has 3 heteroatoms. The molecule has 2 atom stereocenters. The molecule has 2 aliphatic rings. The summed E-state index contributed by atoms with van der Waals surface area (Å²) in [7, 11) is 2.25. The summed E-state index contributed by atoms with van der Waals surface area (Å²) in [5, 5.41) is 13.2. The highest BCUT2D eigenvalue weighted by molar-refractivity contribution is 4.94. The highest BCUT2D eigenvalue weighted by Gasteiger charge is 2.37. The minimum Gasteiger partial charge on any atom is -0.393 e. The van der Waals surface area contributed by atoms with Crippen LogP contribution in [0.1, 0.15) is 52.4 Å². The Labute approximate surface area is 106 Å². The van der Waals surface area contributed by atoms with Crippen LogP contribution in [0.25, 0.3) is 0 Å². The molecule has 17 heavy (non-hydrogen) atoms. The molecular weight excluding hydrogens is 212 g/mol. The second-order valence-corrected chi connectivity index (χ2v) is 6.22.